The second-order valence-electron chi connectivity index (χ2n) is 3.69. The molecule has 2 atom stereocenters. The van der Waals surface area contributed by atoms with Crippen molar-refractivity contribution in [1.82, 2.24) is 0 Å². The third kappa shape index (κ3) is 2.05. The molecule has 0 aliphatic heterocycles. The molecule has 0 heterocycles. The van der Waals surface area contributed by atoms with Gasteiger partial charge in [-0.15, -0.1) is 9.24 Å². The molecule has 0 spiro atoms. The Morgan fingerprint density at radius 1 is 1.54 bits per heavy atom. The molecule has 72 valence electrons. The van der Waals surface area contributed by atoms with Gasteiger partial charge in [-0.05, 0) is 25.8 Å². The molecule has 0 radical (unpaired) electrons. The molecule has 0 saturated heterocycles. The highest BCUT2D eigenvalue weighted by Gasteiger charge is 2.40. The maximum Gasteiger partial charge on any atom is 0.168 e. The number of carbonyl (C=O) groups excluding carboxylic acids is 2. The van der Waals surface area contributed by atoms with Gasteiger partial charge >= 0.3 is 0 Å². The summed E-state index contributed by atoms with van der Waals surface area (Å²) < 4.78 is 0. The summed E-state index contributed by atoms with van der Waals surface area (Å²) in [4.78, 5) is 23.2. The van der Waals surface area contributed by atoms with Gasteiger partial charge in [0.2, 0.25) is 0 Å². The molecule has 2 unspecified atom stereocenters. The maximum absolute atomic E-state index is 11.6. The molecule has 1 saturated carbocycles. The summed E-state index contributed by atoms with van der Waals surface area (Å²) in [6.45, 7) is 1.77. The quantitative estimate of drug-likeness (QED) is 0.387. The number of allylic oxidation sites excluding steroid dienone is 1. The summed E-state index contributed by atoms with van der Waals surface area (Å²) in [7, 11) is 2.35. The average Bonchev–Trinajstić information content (AvgIpc) is 2.11. The van der Waals surface area contributed by atoms with E-state index in [2.05, 4.69) is 9.24 Å². The van der Waals surface area contributed by atoms with Gasteiger partial charge in [-0.3, -0.25) is 9.59 Å². The molecule has 0 aromatic rings. The van der Waals surface area contributed by atoms with Crippen LogP contribution >= 0.6 is 9.24 Å². The molecule has 0 bridgehead atoms. The molecule has 0 aromatic carbocycles. The van der Waals surface area contributed by atoms with Crippen LogP contribution < -0.4 is 0 Å². The summed E-state index contributed by atoms with van der Waals surface area (Å²) >= 11 is 0. The first-order valence-corrected chi connectivity index (χ1v) is 5.24. The van der Waals surface area contributed by atoms with Crippen molar-refractivity contribution >= 4 is 20.8 Å². The fourth-order valence-corrected chi connectivity index (χ4v) is 1.89. The third-order valence-electron chi connectivity index (χ3n) is 2.74. The van der Waals surface area contributed by atoms with Gasteiger partial charge in [0, 0.05) is 6.42 Å². The lowest BCUT2D eigenvalue weighted by atomic mass is 9.72. The summed E-state index contributed by atoms with van der Waals surface area (Å²) in [6.07, 6.45) is 4.67. The Hall–Kier alpha value is -0.490. The van der Waals surface area contributed by atoms with E-state index in [1.165, 1.54) is 6.08 Å². The first-order chi connectivity index (χ1) is 6.11. The van der Waals surface area contributed by atoms with E-state index in [4.69, 9.17) is 0 Å². The Labute approximate surface area is 81.0 Å². The van der Waals surface area contributed by atoms with Crippen molar-refractivity contribution in [2.75, 3.05) is 0 Å². The minimum absolute atomic E-state index is 0.0489. The highest BCUT2D eigenvalue weighted by atomic mass is 31.0. The molecule has 1 rings (SSSR count). The van der Waals surface area contributed by atoms with Crippen molar-refractivity contribution in [3.8, 4) is 0 Å². The van der Waals surface area contributed by atoms with Gasteiger partial charge in [0.25, 0.3) is 0 Å². The van der Waals surface area contributed by atoms with Crippen LogP contribution in [0, 0.1) is 5.41 Å². The Kier molecular flexibility index (Phi) is 3.38. The van der Waals surface area contributed by atoms with Gasteiger partial charge in [0.05, 0.1) is 5.41 Å². The molecule has 1 aliphatic rings. The highest BCUT2D eigenvalue weighted by Crippen LogP contribution is 2.33. The zero-order valence-electron chi connectivity index (χ0n) is 7.88. The van der Waals surface area contributed by atoms with E-state index in [-0.39, 0.29) is 11.6 Å². The van der Waals surface area contributed by atoms with Crippen LogP contribution in [0.1, 0.15) is 32.6 Å². The van der Waals surface area contributed by atoms with Gasteiger partial charge in [-0.25, -0.2) is 0 Å². The fourth-order valence-electron chi connectivity index (χ4n) is 1.71. The molecule has 3 heteroatoms. The van der Waals surface area contributed by atoms with Gasteiger partial charge in [0.15, 0.2) is 5.78 Å². The predicted octanol–water partition coefficient (Wildman–Crippen LogP) is 2.09. The van der Waals surface area contributed by atoms with Crippen LogP contribution in [-0.2, 0) is 9.59 Å². The Morgan fingerprint density at radius 2 is 2.23 bits per heavy atom. The van der Waals surface area contributed by atoms with E-state index in [9.17, 15) is 9.59 Å². The molecular weight excluding hydrogens is 183 g/mol. The molecule has 13 heavy (non-hydrogen) atoms. The van der Waals surface area contributed by atoms with Crippen LogP contribution in [0.4, 0.5) is 0 Å². The van der Waals surface area contributed by atoms with Crippen molar-refractivity contribution in [1.29, 1.82) is 0 Å². The molecular formula is C10H15O2P. The second-order valence-corrected chi connectivity index (χ2v) is 4.07. The lowest BCUT2D eigenvalue weighted by Gasteiger charge is -2.29. The number of rotatable bonds is 2. The smallest absolute Gasteiger partial charge is 0.168 e. The van der Waals surface area contributed by atoms with Crippen LogP contribution in [0.3, 0.4) is 0 Å². The van der Waals surface area contributed by atoms with Crippen molar-refractivity contribution in [2.45, 2.75) is 32.6 Å². The molecule has 0 amide bonds. The van der Waals surface area contributed by atoms with Gasteiger partial charge in [0.1, 0.15) is 5.78 Å². The molecule has 0 N–H and O–H groups in total. The zero-order valence-corrected chi connectivity index (χ0v) is 9.03. The highest BCUT2D eigenvalue weighted by molar-refractivity contribution is 7.20. The van der Waals surface area contributed by atoms with Crippen LogP contribution in [0.5, 0.6) is 0 Å². The lowest BCUT2D eigenvalue weighted by molar-refractivity contribution is -0.139. The molecule has 0 aromatic heterocycles. The van der Waals surface area contributed by atoms with E-state index in [0.29, 0.717) is 12.8 Å². The van der Waals surface area contributed by atoms with Gasteiger partial charge < -0.3 is 0 Å². The number of hydrogen-bond donors (Lipinski definition) is 0. The first kappa shape index (κ1) is 10.6. The van der Waals surface area contributed by atoms with E-state index in [1.54, 1.807) is 12.7 Å². The molecule has 1 fully saturated rings. The monoisotopic (exact) mass is 198 g/mol. The third-order valence-corrected chi connectivity index (χ3v) is 2.93. The van der Waals surface area contributed by atoms with Crippen molar-refractivity contribution in [3.63, 3.8) is 0 Å². The minimum Gasteiger partial charge on any atom is -0.299 e. The van der Waals surface area contributed by atoms with E-state index in [1.807, 2.05) is 0 Å². The maximum atomic E-state index is 11.6. The number of ketones is 2. The Balaban J connectivity index is 2.83. The molecule has 2 nitrogen and oxygen atoms in total. The number of Topliss-reactive ketones (excluding diaryl/α,β-unsaturated/α-hetero) is 1. The topological polar surface area (TPSA) is 34.1 Å². The average molecular weight is 198 g/mol. The Bertz CT molecular complexity index is 258. The van der Waals surface area contributed by atoms with Crippen molar-refractivity contribution in [3.05, 3.63) is 11.9 Å². The minimum atomic E-state index is -0.731. The van der Waals surface area contributed by atoms with Crippen molar-refractivity contribution in [2.24, 2.45) is 5.41 Å². The summed E-state index contributed by atoms with van der Waals surface area (Å²) in [5, 5.41) is 0. The Morgan fingerprint density at radius 3 is 2.77 bits per heavy atom. The van der Waals surface area contributed by atoms with E-state index in [0.717, 1.165) is 12.8 Å². The largest absolute Gasteiger partial charge is 0.299 e. The van der Waals surface area contributed by atoms with Crippen LogP contribution in [0.2, 0.25) is 0 Å². The summed E-state index contributed by atoms with van der Waals surface area (Å²) in [5.41, 5.74) is -0.731. The normalized spacial score (nSPS) is 29.5. The fraction of sp³-hybridized carbons (Fsp3) is 0.600. The van der Waals surface area contributed by atoms with Crippen LogP contribution in [0.15, 0.2) is 11.9 Å². The lowest BCUT2D eigenvalue weighted by Crippen LogP contribution is -2.37. The van der Waals surface area contributed by atoms with Gasteiger partial charge in [-0.2, -0.15) is 0 Å². The SMILES string of the molecule is CC1(C(=O)/C=C/P)CCCCC1=O. The number of hydrogen-bond acceptors (Lipinski definition) is 2. The second kappa shape index (κ2) is 4.15. The first-order valence-electron chi connectivity index (χ1n) is 4.57. The predicted molar refractivity (Wildman–Crippen MR) is 55.4 cm³/mol. The standard InChI is InChI=1S/C10H15O2P/c1-10(9(12)5-7-13)6-3-2-4-8(10)11/h5,7H,2-4,6,13H2,1H3/b7-5+. The van der Waals surface area contributed by atoms with Gasteiger partial charge in [-0.1, -0.05) is 12.2 Å². The number of carbonyl (C=O) groups is 2. The summed E-state index contributed by atoms with van der Waals surface area (Å²) in [6, 6.07) is 0. The van der Waals surface area contributed by atoms with E-state index >= 15 is 0 Å². The summed E-state index contributed by atoms with van der Waals surface area (Å²) in [5.74, 6) is 1.68. The van der Waals surface area contributed by atoms with E-state index < -0.39 is 5.41 Å². The van der Waals surface area contributed by atoms with Crippen molar-refractivity contribution < 1.29 is 9.59 Å². The molecule has 1 aliphatic carbocycles. The van der Waals surface area contributed by atoms with Crippen LogP contribution in [0.25, 0.3) is 0 Å². The zero-order chi connectivity index (χ0) is 9.90. The van der Waals surface area contributed by atoms with Crippen LogP contribution in [-0.4, -0.2) is 11.6 Å².